The quantitative estimate of drug-likeness (QED) is 0.345. The number of allylic oxidation sites excluding steroid dienone is 1. The predicted molar refractivity (Wildman–Crippen MR) is 201 cm³/mol. The van der Waals surface area contributed by atoms with Crippen molar-refractivity contribution in [2.75, 3.05) is 51.3 Å². The first-order valence-electron chi connectivity index (χ1n) is 18.9. The van der Waals surface area contributed by atoms with Gasteiger partial charge in [0.2, 0.25) is 10.0 Å². The predicted octanol–water partition coefficient (Wildman–Crippen LogP) is 6.77. The minimum Gasteiger partial charge on any atom is -0.487 e. The summed E-state index contributed by atoms with van der Waals surface area (Å²) in [5.74, 6) is 0.473. The van der Waals surface area contributed by atoms with Crippen LogP contribution in [0.25, 0.3) is 0 Å². The van der Waals surface area contributed by atoms with Crippen molar-refractivity contribution >= 4 is 33.2 Å². The summed E-state index contributed by atoms with van der Waals surface area (Å²) in [4.78, 5) is 18.5. The van der Waals surface area contributed by atoms with Gasteiger partial charge in [0, 0.05) is 50.4 Å². The topological polar surface area (TPSA) is 97.4 Å². The molecule has 5 aliphatic rings. The molecule has 1 amide bonds. The van der Waals surface area contributed by atoms with Gasteiger partial charge in [-0.1, -0.05) is 36.7 Å². The van der Waals surface area contributed by atoms with Crippen LogP contribution in [-0.4, -0.2) is 82.1 Å². The Morgan fingerprint density at radius 1 is 1.02 bits per heavy atom. The van der Waals surface area contributed by atoms with Crippen molar-refractivity contribution in [3.63, 3.8) is 0 Å². The number of aryl methyl sites for hydroxylation is 1. The summed E-state index contributed by atoms with van der Waals surface area (Å²) < 4.78 is 48.7. The van der Waals surface area contributed by atoms with Crippen LogP contribution in [0.2, 0.25) is 5.02 Å². The van der Waals surface area contributed by atoms with Gasteiger partial charge in [0.1, 0.15) is 18.0 Å². The third-order valence-corrected chi connectivity index (χ3v) is 14.9. The molecule has 9 nitrogen and oxygen atoms in total. The fraction of sp³-hybridized carbons (Fsp3) is 0.625. The van der Waals surface area contributed by atoms with Crippen LogP contribution in [0.3, 0.4) is 0 Å². The monoisotopic (exact) mass is 739 g/mol. The molecule has 2 saturated heterocycles. The largest absolute Gasteiger partial charge is 0.487 e. The summed E-state index contributed by atoms with van der Waals surface area (Å²) in [6.07, 6.45) is 13.2. The molecule has 2 aromatic carbocycles. The molecule has 7 rings (SSSR count). The molecule has 278 valence electrons. The summed E-state index contributed by atoms with van der Waals surface area (Å²) in [6.45, 7) is 9.18. The van der Waals surface area contributed by atoms with E-state index in [0.29, 0.717) is 30.3 Å². The Morgan fingerprint density at radius 3 is 2.53 bits per heavy atom. The van der Waals surface area contributed by atoms with Crippen LogP contribution in [0.15, 0.2) is 48.6 Å². The summed E-state index contributed by atoms with van der Waals surface area (Å²) in [5, 5.41) is -0.0574. The smallest absolute Gasteiger partial charge is 0.264 e. The van der Waals surface area contributed by atoms with Crippen molar-refractivity contribution in [1.29, 1.82) is 0 Å². The number of sulfonamides is 1. The van der Waals surface area contributed by atoms with Crippen LogP contribution in [0.1, 0.15) is 86.7 Å². The lowest BCUT2D eigenvalue weighted by molar-refractivity contribution is -0.178. The number of rotatable bonds is 3. The summed E-state index contributed by atoms with van der Waals surface area (Å²) >= 11 is 6.40. The molecule has 4 heterocycles. The van der Waals surface area contributed by atoms with E-state index in [2.05, 4.69) is 26.7 Å². The molecular formula is C40H54ClN3O6S. The molecule has 1 saturated carbocycles. The molecule has 1 aliphatic carbocycles. The number of nitrogens with zero attached hydrogens (tertiary/aromatic N) is 2. The van der Waals surface area contributed by atoms with Crippen LogP contribution >= 0.6 is 11.6 Å². The highest BCUT2D eigenvalue weighted by atomic mass is 35.5. The maximum Gasteiger partial charge on any atom is 0.264 e. The van der Waals surface area contributed by atoms with E-state index in [0.717, 1.165) is 107 Å². The molecule has 1 N–H and O–H groups in total. The Hall–Kier alpha value is -2.63. The zero-order valence-corrected chi connectivity index (χ0v) is 31.9. The van der Waals surface area contributed by atoms with Crippen molar-refractivity contribution in [2.45, 2.75) is 94.7 Å². The maximum absolute atomic E-state index is 13.6. The molecule has 0 radical (unpaired) electrons. The number of fused-ring (bicyclic) bond motifs is 3. The molecule has 0 unspecified atom stereocenters. The number of nitrogens with one attached hydrogen (secondary N) is 1. The number of hydrogen-bond donors (Lipinski definition) is 1. The van der Waals surface area contributed by atoms with Gasteiger partial charge in [-0.3, -0.25) is 9.69 Å². The first-order chi connectivity index (χ1) is 24.5. The number of ether oxygens (including phenoxy) is 3. The van der Waals surface area contributed by atoms with E-state index in [4.69, 9.17) is 25.8 Å². The lowest BCUT2D eigenvalue weighted by atomic mass is 9.63. The van der Waals surface area contributed by atoms with E-state index < -0.39 is 26.8 Å². The first kappa shape index (κ1) is 36.7. The molecule has 2 aromatic rings. The number of halogens is 1. The highest BCUT2D eigenvalue weighted by molar-refractivity contribution is 7.90. The van der Waals surface area contributed by atoms with Crippen molar-refractivity contribution < 1.29 is 27.4 Å². The van der Waals surface area contributed by atoms with E-state index in [1.807, 2.05) is 44.4 Å². The van der Waals surface area contributed by atoms with Crippen molar-refractivity contribution in [3.8, 4) is 5.75 Å². The van der Waals surface area contributed by atoms with E-state index >= 15 is 0 Å². The number of benzene rings is 2. The zero-order valence-electron chi connectivity index (χ0n) is 30.4. The number of hydrogen-bond acceptors (Lipinski definition) is 8. The third-order valence-electron chi connectivity index (χ3n) is 12.8. The van der Waals surface area contributed by atoms with Gasteiger partial charge in [-0.05, 0) is 124 Å². The van der Waals surface area contributed by atoms with E-state index in [-0.39, 0.29) is 17.4 Å². The fourth-order valence-corrected chi connectivity index (χ4v) is 10.4. The summed E-state index contributed by atoms with van der Waals surface area (Å²) in [6, 6.07) is 11.3. The normalized spacial score (nSPS) is 31.8. The van der Waals surface area contributed by atoms with Gasteiger partial charge in [-0.15, -0.1) is 0 Å². The van der Waals surface area contributed by atoms with Crippen molar-refractivity contribution in [2.24, 2.45) is 17.8 Å². The molecule has 11 heteroatoms. The average molecular weight is 740 g/mol. The Kier molecular flexibility index (Phi) is 10.8. The maximum atomic E-state index is 13.6. The number of anilines is 1. The summed E-state index contributed by atoms with van der Waals surface area (Å²) in [5.41, 5.74) is 2.95. The van der Waals surface area contributed by atoms with Crippen molar-refractivity contribution in [1.82, 2.24) is 9.62 Å². The standard InChI is InChI=1S/C40H54ClN3O6S/c1-28-7-6-15-40(48-3,27-43-20-16-39(17-21-43)18-22-50-39)35-13-10-32(35)25-44-19-5-4-8-30-23-34(41)12-9-33(30)26-49-37-14-11-31(24-36(37)44)38(45)42-51(46,47)29(28)2/h6,9,11-12,14-15,23-24,28-29,32,35H,4-5,7-8,10,13,16-22,25-27H2,1-3H3,(H,42,45)/b15-6+/t28-,29+,32-,35+,40+/m0/s1. The van der Waals surface area contributed by atoms with Gasteiger partial charge in [0.25, 0.3) is 5.91 Å². The molecule has 0 aromatic heterocycles. The zero-order chi connectivity index (χ0) is 35.8. The molecular weight excluding hydrogens is 686 g/mol. The van der Waals surface area contributed by atoms with Gasteiger partial charge < -0.3 is 19.1 Å². The van der Waals surface area contributed by atoms with Gasteiger partial charge in [0.15, 0.2) is 0 Å². The number of piperidine rings is 1. The molecule has 51 heavy (non-hydrogen) atoms. The Balaban J connectivity index is 1.24. The SMILES string of the molecule is CO[C@@]1(CN2CCC3(CCO3)CC2)/C=C/C[C@H](C)[C@@H](C)S(=O)(=O)NC(=O)c2ccc3c(c2)N(CCCCc2cc(Cl)ccc2CO3)C[C@@H]2CC[C@H]21. The number of carbonyl (C=O) groups is 1. The molecule has 4 aliphatic heterocycles. The Bertz CT molecular complexity index is 1720. The van der Waals surface area contributed by atoms with E-state index in [1.54, 1.807) is 13.0 Å². The number of methoxy groups -OCH3 is 1. The van der Waals surface area contributed by atoms with Gasteiger partial charge in [-0.2, -0.15) is 0 Å². The van der Waals surface area contributed by atoms with Crippen molar-refractivity contribution in [3.05, 3.63) is 70.3 Å². The van der Waals surface area contributed by atoms with Crippen LogP contribution in [0.4, 0.5) is 5.69 Å². The first-order valence-corrected chi connectivity index (χ1v) is 20.9. The second-order valence-corrected chi connectivity index (χ2v) is 18.2. The summed E-state index contributed by atoms with van der Waals surface area (Å²) in [7, 11) is -2.11. The van der Waals surface area contributed by atoms with Gasteiger partial charge in [0.05, 0.1) is 23.1 Å². The second-order valence-electron chi connectivity index (χ2n) is 15.7. The average Bonchev–Trinajstić information content (AvgIpc) is 3.11. The third kappa shape index (κ3) is 7.72. The molecule has 1 spiro atoms. The molecule has 3 fully saturated rings. The minimum atomic E-state index is -3.95. The Morgan fingerprint density at radius 2 is 1.82 bits per heavy atom. The number of carbonyl (C=O) groups excluding carboxylic acids is 1. The van der Waals surface area contributed by atoms with E-state index in [1.165, 1.54) is 5.56 Å². The number of amides is 1. The Labute approximate surface area is 309 Å². The van der Waals surface area contributed by atoms with Gasteiger partial charge >= 0.3 is 0 Å². The second kappa shape index (κ2) is 15.0. The number of likely N-dealkylation sites (tertiary alicyclic amines) is 1. The lowest BCUT2D eigenvalue weighted by Gasteiger charge is -2.53. The van der Waals surface area contributed by atoms with Crippen LogP contribution in [0.5, 0.6) is 5.75 Å². The van der Waals surface area contributed by atoms with E-state index in [9.17, 15) is 13.2 Å². The minimum absolute atomic E-state index is 0.0719. The van der Waals surface area contributed by atoms with Crippen LogP contribution < -0.4 is 14.4 Å². The highest BCUT2D eigenvalue weighted by Gasteiger charge is 2.49. The van der Waals surface area contributed by atoms with Crippen LogP contribution in [0, 0.1) is 17.8 Å². The fourth-order valence-electron chi connectivity index (χ4n) is 8.88. The molecule has 5 atom stereocenters. The van der Waals surface area contributed by atoms with Gasteiger partial charge in [-0.25, -0.2) is 13.1 Å². The highest BCUT2D eigenvalue weighted by Crippen LogP contribution is 2.47. The lowest BCUT2D eigenvalue weighted by Crippen LogP contribution is -2.59. The van der Waals surface area contributed by atoms with Crippen LogP contribution in [-0.2, 0) is 32.5 Å². The molecule has 2 bridgehead atoms.